The summed E-state index contributed by atoms with van der Waals surface area (Å²) in [4.78, 5) is 5.48. The molecule has 0 bridgehead atoms. The lowest BCUT2D eigenvalue weighted by Gasteiger charge is -2.43. The van der Waals surface area contributed by atoms with Crippen molar-refractivity contribution in [1.82, 2.24) is 15.1 Å². The molecule has 0 saturated carbocycles. The summed E-state index contributed by atoms with van der Waals surface area (Å²) < 4.78 is 0. The molecule has 3 heteroatoms. The fraction of sp³-hybridized carbons (Fsp3) is 1.00. The van der Waals surface area contributed by atoms with E-state index in [0.29, 0.717) is 5.41 Å². The zero-order chi connectivity index (χ0) is 12.6. The van der Waals surface area contributed by atoms with Gasteiger partial charge in [-0.05, 0) is 43.7 Å². The first kappa shape index (κ1) is 12.9. The molecule has 0 spiro atoms. The van der Waals surface area contributed by atoms with E-state index in [0.717, 1.165) is 12.0 Å². The third-order valence-electron chi connectivity index (χ3n) is 5.71. The van der Waals surface area contributed by atoms with E-state index in [-0.39, 0.29) is 0 Å². The molecule has 2 atom stereocenters. The Labute approximate surface area is 112 Å². The lowest BCUT2D eigenvalue weighted by Crippen LogP contribution is -2.54. The maximum atomic E-state index is 3.59. The molecule has 3 fully saturated rings. The Balaban J connectivity index is 1.61. The molecule has 3 aliphatic heterocycles. The van der Waals surface area contributed by atoms with Gasteiger partial charge < -0.3 is 5.32 Å². The van der Waals surface area contributed by atoms with Crippen molar-refractivity contribution in [2.45, 2.75) is 39.2 Å². The summed E-state index contributed by atoms with van der Waals surface area (Å²) in [7, 11) is 0. The molecule has 3 saturated heterocycles. The molecule has 104 valence electrons. The molecule has 18 heavy (non-hydrogen) atoms. The first-order chi connectivity index (χ1) is 8.70. The average molecular weight is 251 g/mol. The second kappa shape index (κ2) is 5.10. The predicted molar refractivity (Wildman–Crippen MR) is 75.8 cm³/mol. The van der Waals surface area contributed by atoms with Gasteiger partial charge in [0.2, 0.25) is 0 Å². The third kappa shape index (κ3) is 2.33. The van der Waals surface area contributed by atoms with Crippen LogP contribution in [0.5, 0.6) is 0 Å². The van der Waals surface area contributed by atoms with Gasteiger partial charge in [-0.1, -0.05) is 13.8 Å². The summed E-state index contributed by atoms with van der Waals surface area (Å²) in [5, 5.41) is 3.59. The Kier molecular flexibility index (Phi) is 3.65. The van der Waals surface area contributed by atoms with Crippen LogP contribution in [0.3, 0.4) is 0 Å². The van der Waals surface area contributed by atoms with Crippen LogP contribution in [0.25, 0.3) is 0 Å². The molecule has 2 unspecified atom stereocenters. The van der Waals surface area contributed by atoms with Gasteiger partial charge in [-0.25, -0.2) is 0 Å². The molecular formula is C15H29N3. The minimum atomic E-state index is 0.542. The van der Waals surface area contributed by atoms with Crippen molar-refractivity contribution < 1.29 is 0 Å². The summed E-state index contributed by atoms with van der Waals surface area (Å²) in [6.45, 7) is 13.9. The normalized spacial score (nSPS) is 38.5. The molecular weight excluding hydrogens is 222 g/mol. The Morgan fingerprint density at radius 1 is 1.28 bits per heavy atom. The fourth-order valence-electron chi connectivity index (χ4n) is 4.22. The Morgan fingerprint density at radius 2 is 2.17 bits per heavy atom. The van der Waals surface area contributed by atoms with E-state index >= 15 is 0 Å². The maximum absolute atomic E-state index is 3.59. The largest absolute Gasteiger partial charge is 0.316 e. The van der Waals surface area contributed by atoms with Gasteiger partial charge in [0.25, 0.3) is 0 Å². The summed E-state index contributed by atoms with van der Waals surface area (Å²) in [6, 6.07) is 0.873. The number of fused-ring (bicyclic) bond motifs is 1. The van der Waals surface area contributed by atoms with Crippen LogP contribution < -0.4 is 5.32 Å². The quantitative estimate of drug-likeness (QED) is 0.818. The van der Waals surface area contributed by atoms with Crippen LogP contribution in [0.2, 0.25) is 0 Å². The zero-order valence-corrected chi connectivity index (χ0v) is 12.1. The van der Waals surface area contributed by atoms with E-state index in [2.05, 4.69) is 29.0 Å². The zero-order valence-electron chi connectivity index (χ0n) is 12.1. The molecule has 0 aliphatic carbocycles. The first-order valence-electron chi connectivity index (χ1n) is 7.87. The highest BCUT2D eigenvalue weighted by Gasteiger charge is 2.40. The summed E-state index contributed by atoms with van der Waals surface area (Å²) in [6.07, 6.45) is 4.23. The number of nitrogens with one attached hydrogen (secondary N) is 1. The molecule has 3 aliphatic rings. The molecule has 0 aromatic heterocycles. The van der Waals surface area contributed by atoms with E-state index < -0.39 is 0 Å². The van der Waals surface area contributed by atoms with Crippen LogP contribution in [-0.4, -0.2) is 61.7 Å². The number of piperazine rings is 1. The van der Waals surface area contributed by atoms with Crippen molar-refractivity contribution >= 4 is 0 Å². The van der Waals surface area contributed by atoms with Crippen LogP contribution in [0.15, 0.2) is 0 Å². The van der Waals surface area contributed by atoms with Crippen LogP contribution >= 0.6 is 0 Å². The molecule has 0 amide bonds. The van der Waals surface area contributed by atoms with Crippen LogP contribution in [0.4, 0.5) is 0 Å². The Morgan fingerprint density at radius 3 is 2.89 bits per heavy atom. The van der Waals surface area contributed by atoms with E-state index in [9.17, 15) is 0 Å². The van der Waals surface area contributed by atoms with Crippen molar-refractivity contribution in [3.05, 3.63) is 0 Å². The van der Waals surface area contributed by atoms with E-state index in [4.69, 9.17) is 0 Å². The SMILES string of the molecule is CC(C)C1(CN2CCN3CCCC3C2)CCNC1. The lowest BCUT2D eigenvalue weighted by atomic mass is 9.76. The van der Waals surface area contributed by atoms with Crippen molar-refractivity contribution in [3.8, 4) is 0 Å². The van der Waals surface area contributed by atoms with Crippen LogP contribution in [-0.2, 0) is 0 Å². The molecule has 0 radical (unpaired) electrons. The number of hydrogen-bond donors (Lipinski definition) is 1. The summed E-state index contributed by atoms with van der Waals surface area (Å²) in [5.74, 6) is 0.800. The summed E-state index contributed by atoms with van der Waals surface area (Å²) >= 11 is 0. The molecule has 0 aromatic rings. The van der Waals surface area contributed by atoms with Gasteiger partial charge in [0.1, 0.15) is 0 Å². The smallest absolute Gasteiger partial charge is 0.0224 e. The highest BCUT2D eigenvalue weighted by molar-refractivity contribution is 4.95. The van der Waals surface area contributed by atoms with Crippen LogP contribution in [0, 0.1) is 11.3 Å². The maximum Gasteiger partial charge on any atom is 0.0224 e. The van der Waals surface area contributed by atoms with E-state index in [1.54, 1.807) is 0 Å². The minimum absolute atomic E-state index is 0.542. The Hall–Kier alpha value is -0.120. The number of rotatable bonds is 3. The lowest BCUT2D eigenvalue weighted by molar-refractivity contribution is 0.0523. The van der Waals surface area contributed by atoms with E-state index in [1.807, 2.05) is 0 Å². The second-order valence-corrected chi connectivity index (χ2v) is 7.01. The predicted octanol–water partition coefficient (Wildman–Crippen LogP) is 1.40. The van der Waals surface area contributed by atoms with E-state index in [1.165, 1.54) is 65.1 Å². The number of nitrogens with zero attached hydrogens (tertiary/aromatic N) is 2. The van der Waals surface area contributed by atoms with Gasteiger partial charge >= 0.3 is 0 Å². The Bertz CT molecular complexity index is 283. The third-order valence-corrected chi connectivity index (χ3v) is 5.71. The standard InChI is InChI=1S/C15H29N3/c1-13(2)15(5-6-16-11-15)12-17-8-9-18-7-3-4-14(18)10-17/h13-14,16H,3-12H2,1-2H3. The summed E-state index contributed by atoms with van der Waals surface area (Å²) in [5.41, 5.74) is 0.542. The van der Waals surface area contributed by atoms with Crippen molar-refractivity contribution in [2.75, 3.05) is 45.8 Å². The van der Waals surface area contributed by atoms with Gasteiger partial charge in [0, 0.05) is 38.8 Å². The topological polar surface area (TPSA) is 18.5 Å². The van der Waals surface area contributed by atoms with Crippen LogP contribution in [0.1, 0.15) is 33.1 Å². The minimum Gasteiger partial charge on any atom is -0.316 e. The van der Waals surface area contributed by atoms with Gasteiger partial charge in [-0.2, -0.15) is 0 Å². The first-order valence-corrected chi connectivity index (χ1v) is 7.87. The molecule has 1 N–H and O–H groups in total. The highest BCUT2D eigenvalue weighted by Crippen LogP contribution is 2.36. The fourth-order valence-corrected chi connectivity index (χ4v) is 4.22. The van der Waals surface area contributed by atoms with Crippen molar-refractivity contribution in [3.63, 3.8) is 0 Å². The second-order valence-electron chi connectivity index (χ2n) is 7.01. The monoisotopic (exact) mass is 251 g/mol. The van der Waals surface area contributed by atoms with Gasteiger partial charge in [0.05, 0.1) is 0 Å². The van der Waals surface area contributed by atoms with Crippen molar-refractivity contribution in [1.29, 1.82) is 0 Å². The highest BCUT2D eigenvalue weighted by atomic mass is 15.3. The van der Waals surface area contributed by atoms with Gasteiger partial charge in [0.15, 0.2) is 0 Å². The molecule has 3 heterocycles. The number of hydrogen-bond acceptors (Lipinski definition) is 3. The van der Waals surface area contributed by atoms with Crippen molar-refractivity contribution in [2.24, 2.45) is 11.3 Å². The van der Waals surface area contributed by atoms with Gasteiger partial charge in [-0.3, -0.25) is 9.80 Å². The average Bonchev–Trinajstić information content (AvgIpc) is 2.97. The molecule has 3 nitrogen and oxygen atoms in total. The molecule has 0 aromatic carbocycles. The molecule has 3 rings (SSSR count). The van der Waals surface area contributed by atoms with Gasteiger partial charge in [-0.15, -0.1) is 0 Å².